The molecule has 0 fully saturated rings. The van der Waals surface area contributed by atoms with E-state index < -0.39 is 26.5 Å². The molecule has 2 unspecified atom stereocenters. The molecule has 0 aliphatic heterocycles. The topological polar surface area (TPSA) is 112 Å². The second-order valence-corrected chi connectivity index (χ2v) is 14.9. The summed E-state index contributed by atoms with van der Waals surface area (Å²) in [5.41, 5.74) is 0. The molecule has 10 heteroatoms. The van der Waals surface area contributed by atoms with Gasteiger partial charge in [-0.15, -0.1) is 0 Å². The molecule has 0 amide bonds. The minimum absolute atomic E-state index is 0.00607. The average Bonchev–Trinajstić information content (AvgIpc) is 3.06. The number of carbonyl (C=O) groups excluding carboxylic acids is 2. The van der Waals surface area contributed by atoms with Crippen molar-refractivity contribution >= 4 is 19.8 Å². The highest BCUT2D eigenvalue weighted by atomic mass is 31.2. The molecule has 288 valence electrons. The van der Waals surface area contributed by atoms with Crippen LogP contribution in [0, 0.1) is 0 Å². The van der Waals surface area contributed by atoms with Gasteiger partial charge in [0.15, 0.2) is 6.10 Å². The molecular weight excluding hydrogens is 641 g/mol. The van der Waals surface area contributed by atoms with E-state index in [9.17, 15) is 19.0 Å². The van der Waals surface area contributed by atoms with Crippen molar-refractivity contribution in [1.82, 2.24) is 4.90 Å². The molecule has 0 spiro atoms. The SMILES string of the molecule is CCCC/C=C\CCCCCCCC(=O)OCC(COP(=O)(O)OCCN(C)C)OC(=O)CCCCCCCCC/C=C\CCCCCC. The molecule has 0 radical (unpaired) electrons. The van der Waals surface area contributed by atoms with Crippen LogP contribution in [0.1, 0.15) is 168 Å². The fourth-order valence-corrected chi connectivity index (χ4v) is 5.87. The van der Waals surface area contributed by atoms with Crippen LogP contribution in [-0.4, -0.2) is 68.3 Å². The largest absolute Gasteiger partial charge is 0.472 e. The van der Waals surface area contributed by atoms with Gasteiger partial charge in [-0.2, -0.15) is 0 Å². The van der Waals surface area contributed by atoms with E-state index in [1.165, 1.54) is 64.2 Å². The van der Waals surface area contributed by atoms with Gasteiger partial charge in [0.05, 0.1) is 13.2 Å². The van der Waals surface area contributed by atoms with E-state index in [0.29, 0.717) is 13.0 Å². The number of carbonyl (C=O) groups is 2. The summed E-state index contributed by atoms with van der Waals surface area (Å²) < 4.78 is 33.3. The lowest BCUT2D eigenvalue weighted by molar-refractivity contribution is -0.161. The van der Waals surface area contributed by atoms with E-state index in [0.717, 1.165) is 70.6 Å². The number of nitrogens with zero attached hydrogens (tertiary/aromatic N) is 1. The maximum absolute atomic E-state index is 12.6. The average molecular weight is 716 g/mol. The zero-order chi connectivity index (χ0) is 36.3. The Bertz CT molecular complexity index is 879. The fraction of sp³-hybridized carbons (Fsp3) is 0.846. The molecule has 2 atom stereocenters. The molecule has 0 bridgehead atoms. The van der Waals surface area contributed by atoms with Crippen molar-refractivity contribution < 1.29 is 37.6 Å². The van der Waals surface area contributed by atoms with Crippen molar-refractivity contribution in [2.75, 3.05) is 40.5 Å². The van der Waals surface area contributed by atoms with Crippen molar-refractivity contribution in [3.63, 3.8) is 0 Å². The Labute approximate surface area is 300 Å². The summed E-state index contributed by atoms with van der Waals surface area (Å²) in [5.74, 6) is -0.819. The van der Waals surface area contributed by atoms with Crippen LogP contribution in [0.3, 0.4) is 0 Å². The lowest BCUT2D eigenvalue weighted by atomic mass is 10.1. The second-order valence-electron chi connectivity index (χ2n) is 13.5. The van der Waals surface area contributed by atoms with Gasteiger partial charge in [-0.25, -0.2) is 4.57 Å². The van der Waals surface area contributed by atoms with Crippen LogP contribution in [0.5, 0.6) is 0 Å². The van der Waals surface area contributed by atoms with Crippen molar-refractivity contribution in [1.29, 1.82) is 0 Å². The summed E-state index contributed by atoms with van der Waals surface area (Å²) in [4.78, 5) is 36.8. The third kappa shape index (κ3) is 36.1. The number of hydrogen-bond acceptors (Lipinski definition) is 8. The third-order valence-electron chi connectivity index (χ3n) is 8.23. The molecule has 0 saturated heterocycles. The zero-order valence-electron chi connectivity index (χ0n) is 31.9. The summed E-state index contributed by atoms with van der Waals surface area (Å²) in [7, 11) is -0.714. The van der Waals surface area contributed by atoms with Gasteiger partial charge >= 0.3 is 19.8 Å². The van der Waals surface area contributed by atoms with Crippen LogP contribution in [-0.2, 0) is 32.7 Å². The Kier molecular flexibility index (Phi) is 33.8. The molecule has 0 aromatic carbocycles. The summed E-state index contributed by atoms with van der Waals surface area (Å²) in [6.07, 6.45) is 33.6. The number of rotatable bonds is 36. The van der Waals surface area contributed by atoms with Crippen molar-refractivity contribution in [3.8, 4) is 0 Å². The maximum atomic E-state index is 12.6. The number of phosphoric acid groups is 1. The predicted octanol–water partition coefficient (Wildman–Crippen LogP) is 10.7. The normalized spacial score (nSPS) is 13.8. The van der Waals surface area contributed by atoms with Crippen LogP contribution in [0.4, 0.5) is 0 Å². The number of unbranched alkanes of at least 4 members (excludes halogenated alkanes) is 18. The van der Waals surface area contributed by atoms with Crippen LogP contribution in [0.25, 0.3) is 0 Å². The van der Waals surface area contributed by atoms with E-state index >= 15 is 0 Å². The number of phosphoric ester groups is 1. The molecule has 49 heavy (non-hydrogen) atoms. The van der Waals surface area contributed by atoms with E-state index in [1.54, 1.807) is 0 Å². The first-order valence-corrected chi connectivity index (χ1v) is 21.1. The fourth-order valence-electron chi connectivity index (χ4n) is 5.13. The van der Waals surface area contributed by atoms with Crippen LogP contribution in [0.2, 0.25) is 0 Å². The van der Waals surface area contributed by atoms with Crippen LogP contribution in [0.15, 0.2) is 24.3 Å². The number of allylic oxidation sites excluding steroid dienone is 4. The van der Waals surface area contributed by atoms with Gasteiger partial charge < -0.3 is 19.3 Å². The first-order chi connectivity index (χ1) is 23.7. The van der Waals surface area contributed by atoms with Gasteiger partial charge in [0.1, 0.15) is 6.61 Å². The molecular formula is C39H74NO8P. The van der Waals surface area contributed by atoms with Crippen molar-refractivity contribution in [2.24, 2.45) is 0 Å². The Morgan fingerprint density at radius 3 is 1.57 bits per heavy atom. The van der Waals surface area contributed by atoms with Gasteiger partial charge in [0.2, 0.25) is 0 Å². The molecule has 0 aromatic rings. The first kappa shape index (κ1) is 47.5. The monoisotopic (exact) mass is 716 g/mol. The third-order valence-corrected chi connectivity index (χ3v) is 9.21. The minimum Gasteiger partial charge on any atom is -0.462 e. The molecule has 0 aliphatic rings. The zero-order valence-corrected chi connectivity index (χ0v) is 32.8. The van der Waals surface area contributed by atoms with Gasteiger partial charge in [-0.1, -0.05) is 122 Å². The summed E-state index contributed by atoms with van der Waals surface area (Å²) >= 11 is 0. The Morgan fingerprint density at radius 1 is 0.612 bits per heavy atom. The molecule has 0 heterocycles. The van der Waals surface area contributed by atoms with Crippen LogP contribution >= 0.6 is 7.82 Å². The quantitative estimate of drug-likeness (QED) is 0.0293. The minimum atomic E-state index is -4.35. The highest BCUT2D eigenvalue weighted by Gasteiger charge is 2.26. The van der Waals surface area contributed by atoms with E-state index in [2.05, 4.69) is 38.2 Å². The molecule has 0 rings (SSSR count). The lowest BCUT2D eigenvalue weighted by Crippen LogP contribution is -2.29. The molecule has 9 nitrogen and oxygen atoms in total. The molecule has 0 aliphatic carbocycles. The number of hydrogen-bond donors (Lipinski definition) is 1. The van der Waals surface area contributed by atoms with E-state index in [-0.39, 0.29) is 32.0 Å². The number of esters is 2. The van der Waals surface area contributed by atoms with E-state index in [1.807, 2.05) is 19.0 Å². The van der Waals surface area contributed by atoms with Gasteiger partial charge in [0.25, 0.3) is 0 Å². The summed E-state index contributed by atoms with van der Waals surface area (Å²) in [6.45, 7) is 4.25. The summed E-state index contributed by atoms with van der Waals surface area (Å²) in [6, 6.07) is 0. The lowest BCUT2D eigenvalue weighted by Gasteiger charge is -2.20. The van der Waals surface area contributed by atoms with Crippen LogP contribution < -0.4 is 0 Å². The molecule has 0 aromatic heterocycles. The number of ether oxygens (including phenoxy) is 2. The van der Waals surface area contributed by atoms with Crippen molar-refractivity contribution in [3.05, 3.63) is 24.3 Å². The Balaban J connectivity index is 4.35. The highest BCUT2D eigenvalue weighted by molar-refractivity contribution is 7.47. The maximum Gasteiger partial charge on any atom is 0.472 e. The first-order valence-electron chi connectivity index (χ1n) is 19.6. The molecule has 1 N–H and O–H groups in total. The predicted molar refractivity (Wildman–Crippen MR) is 202 cm³/mol. The van der Waals surface area contributed by atoms with Gasteiger partial charge in [0, 0.05) is 19.4 Å². The Morgan fingerprint density at radius 2 is 1.06 bits per heavy atom. The second kappa shape index (κ2) is 34.9. The Hall–Kier alpha value is -1.51. The smallest absolute Gasteiger partial charge is 0.462 e. The van der Waals surface area contributed by atoms with E-state index in [4.69, 9.17) is 18.5 Å². The molecule has 0 saturated carbocycles. The van der Waals surface area contributed by atoms with Gasteiger partial charge in [-0.3, -0.25) is 18.6 Å². The van der Waals surface area contributed by atoms with Gasteiger partial charge in [-0.05, 0) is 71.9 Å². The summed E-state index contributed by atoms with van der Waals surface area (Å²) in [5, 5.41) is 0. The van der Waals surface area contributed by atoms with Crippen molar-refractivity contribution in [2.45, 2.75) is 174 Å². The highest BCUT2D eigenvalue weighted by Crippen LogP contribution is 2.43. The number of likely N-dealkylation sites (N-methyl/N-ethyl adjacent to an activating group) is 1. The standard InChI is InChI=1S/C39H74NO8P/c1-5-7-9-11-13-15-17-18-19-20-22-24-26-28-30-32-39(42)48-37(36-47-49(43,44)46-34-33-40(3)4)35-45-38(41)31-29-27-25-23-21-16-14-12-10-8-6-2/h12,14-15,17,37H,5-11,13,16,18-36H2,1-4H3,(H,43,44)/b14-12-,17-15-.